The van der Waals surface area contributed by atoms with Crippen LogP contribution in [0.3, 0.4) is 0 Å². The van der Waals surface area contributed by atoms with Crippen molar-refractivity contribution in [3.8, 4) is 0 Å². The van der Waals surface area contributed by atoms with Gasteiger partial charge in [-0.3, -0.25) is 9.58 Å². The summed E-state index contributed by atoms with van der Waals surface area (Å²) in [6, 6.07) is 8.79. The molecule has 0 aliphatic carbocycles. The van der Waals surface area contributed by atoms with E-state index >= 15 is 0 Å². The number of nitrogens with one attached hydrogen (secondary N) is 1. The Morgan fingerprint density at radius 3 is 2.72 bits per heavy atom. The minimum absolute atomic E-state index is 0.470. The van der Waals surface area contributed by atoms with Gasteiger partial charge in [0.15, 0.2) is 5.65 Å². The first-order valence-electron chi connectivity index (χ1n) is 10.3. The maximum atomic E-state index is 6.00. The molecule has 0 saturated carbocycles. The molecule has 0 unspecified atom stereocenters. The Morgan fingerprint density at radius 1 is 1.10 bits per heavy atom. The molecule has 1 fully saturated rings. The first kappa shape index (κ1) is 19.4. The molecule has 0 radical (unpaired) electrons. The highest BCUT2D eigenvalue weighted by atomic mass is 15.3. The second-order valence-electron chi connectivity index (χ2n) is 7.74. The number of hydrogen-bond acceptors (Lipinski definition) is 7. The van der Waals surface area contributed by atoms with Crippen LogP contribution in [0.15, 0.2) is 30.5 Å². The number of nitrogen functional groups attached to an aromatic ring is 1. The van der Waals surface area contributed by atoms with Gasteiger partial charge in [0.1, 0.15) is 5.82 Å². The first-order valence-corrected chi connectivity index (χ1v) is 10.3. The smallest absolute Gasteiger partial charge is 0.226 e. The van der Waals surface area contributed by atoms with Gasteiger partial charge in [-0.25, -0.2) is 0 Å². The van der Waals surface area contributed by atoms with Crippen molar-refractivity contribution in [1.29, 1.82) is 0 Å². The van der Waals surface area contributed by atoms with Crippen LogP contribution in [0.4, 0.5) is 17.5 Å². The van der Waals surface area contributed by atoms with Crippen LogP contribution in [0, 0.1) is 6.92 Å². The van der Waals surface area contributed by atoms with Crippen molar-refractivity contribution in [1.82, 2.24) is 24.6 Å². The fourth-order valence-corrected chi connectivity index (χ4v) is 3.84. The molecular weight excluding hydrogens is 364 g/mol. The normalized spacial score (nSPS) is 15.2. The highest BCUT2D eigenvalue weighted by Gasteiger charge is 2.16. The number of fused-ring (bicyclic) bond motifs is 1. The lowest BCUT2D eigenvalue weighted by molar-refractivity contribution is 0.254. The number of nitrogens with zero attached hydrogens (tertiary/aromatic N) is 6. The van der Waals surface area contributed by atoms with Gasteiger partial charge in [-0.15, -0.1) is 0 Å². The summed E-state index contributed by atoms with van der Waals surface area (Å²) < 4.78 is 1.72. The zero-order chi connectivity index (χ0) is 20.2. The van der Waals surface area contributed by atoms with Crippen molar-refractivity contribution in [3.05, 3.63) is 36.0 Å². The summed E-state index contributed by atoms with van der Waals surface area (Å²) in [7, 11) is 1.86. The standard InChI is InChI=1S/C21H30N8/c1-16-6-5-7-17(14-16)29-12-10-28(11-13-29)9-4-3-8-23-21-25-19(22)18-15-24-27(2)20(18)26-21/h5-7,14-15H,3-4,8-13H2,1-2H3,(H3,22,23,25,26). The number of piperazine rings is 1. The molecule has 3 N–H and O–H groups in total. The van der Waals surface area contributed by atoms with E-state index in [9.17, 15) is 0 Å². The highest BCUT2D eigenvalue weighted by Crippen LogP contribution is 2.19. The van der Waals surface area contributed by atoms with Gasteiger partial charge in [0, 0.05) is 45.5 Å². The second kappa shape index (κ2) is 8.65. The fourth-order valence-electron chi connectivity index (χ4n) is 3.84. The van der Waals surface area contributed by atoms with Crippen LogP contribution in [0.2, 0.25) is 0 Å². The zero-order valence-corrected chi connectivity index (χ0v) is 17.3. The van der Waals surface area contributed by atoms with Crippen molar-refractivity contribution in [2.24, 2.45) is 7.05 Å². The fraction of sp³-hybridized carbons (Fsp3) is 0.476. The Hall–Kier alpha value is -2.87. The molecule has 0 bridgehead atoms. The topological polar surface area (TPSA) is 88.1 Å². The third-order valence-electron chi connectivity index (χ3n) is 5.54. The third kappa shape index (κ3) is 4.59. The van der Waals surface area contributed by atoms with E-state index in [0.717, 1.165) is 63.1 Å². The predicted octanol–water partition coefficient (Wildman–Crippen LogP) is 2.27. The van der Waals surface area contributed by atoms with Crippen LogP contribution in [-0.4, -0.2) is 63.9 Å². The van der Waals surface area contributed by atoms with Crippen molar-refractivity contribution < 1.29 is 0 Å². The van der Waals surface area contributed by atoms with E-state index < -0.39 is 0 Å². The van der Waals surface area contributed by atoms with Crippen LogP contribution >= 0.6 is 0 Å². The molecule has 8 heteroatoms. The minimum atomic E-state index is 0.470. The van der Waals surface area contributed by atoms with Gasteiger partial charge < -0.3 is 16.0 Å². The molecule has 4 rings (SSSR count). The lowest BCUT2D eigenvalue weighted by Crippen LogP contribution is -2.46. The monoisotopic (exact) mass is 394 g/mol. The summed E-state index contributed by atoms with van der Waals surface area (Å²) in [5.41, 5.74) is 9.43. The van der Waals surface area contributed by atoms with E-state index in [0.29, 0.717) is 11.8 Å². The summed E-state index contributed by atoms with van der Waals surface area (Å²) in [6.45, 7) is 8.57. The molecule has 0 amide bonds. The number of aromatic nitrogens is 4. The molecule has 1 aliphatic heterocycles. The molecule has 1 saturated heterocycles. The molecule has 3 aromatic rings. The number of benzene rings is 1. The van der Waals surface area contributed by atoms with Crippen molar-refractivity contribution in [2.75, 3.05) is 55.2 Å². The van der Waals surface area contributed by atoms with Gasteiger partial charge in [-0.1, -0.05) is 12.1 Å². The van der Waals surface area contributed by atoms with Gasteiger partial charge in [0.25, 0.3) is 0 Å². The molecule has 154 valence electrons. The van der Waals surface area contributed by atoms with Crippen LogP contribution < -0.4 is 16.0 Å². The van der Waals surface area contributed by atoms with Crippen LogP contribution in [0.1, 0.15) is 18.4 Å². The predicted molar refractivity (Wildman–Crippen MR) is 118 cm³/mol. The van der Waals surface area contributed by atoms with Crippen LogP contribution in [0.25, 0.3) is 11.0 Å². The van der Waals surface area contributed by atoms with Crippen LogP contribution in [0.5, 0.6) is 0 Å². The van der Waals surface area contributed by atoms with Crippen molar-refractivity contribution in [3.63, 3.8) is 0 Å². The molecule has 0 atom stereocenters. The summed E-state index contributed by atoms with van der Waals surface area (Å²) >= 11 is 0. The van der Waals surface area contributed by atoms with E-state index in [2.05, 4.69) is 61.4 Å². The quantitative estimate of drug-likeness (QED) is 0.594. The van der Waals surface area contributed by atoms with E-state index in [1.54, 1.807) is 10.9 Å². The summed E-state index contributed by atoms with van der Waals surface area (Å²) in [6.07, 6.45) is 3.93. The number of hydrogen-bond donors (Lipinski definition) is 2. The third-order valence-corrected chi connectivity index (χ3v) is 5.54. The van der Waals surface area contributed by atoms with E-state index in [1.165, 1.54) is 11.3 Å². The number of aryl methyl sites for hydroxylation is 2. The number of anilines is 3. The van der Waals surface area contributed by atoms with Gasteiger partial charge in [0.2, 0.25) is 5.95 Å². The molecule has 1 aliphatic rings. The van der Waals surface area contributed by atoms with Gasteiger partial charge in [-0.2, -0.15) is 15.1 Å². The molecule has 2 aromatic heterocycles. The first-order chi connectivity index (χ1) is 14.1. The summed E-state index contributed by atoms with van der Waals surface area (Å²) in [4.78, 5) is 13.9. The van der Waals surface area contributed by atoms with Gasteiger partial charge >= 0.3 is 0 Å². The highest BCUT2D eigenvalue weighted by molar-refractivity contribution is 5.86. The molecule has 0 spiro atoms. The number of nitrogens with two attached hydrogens (primary N) is 1. The SMILES string of the molecule is Cc1cccc(N2CCN(CCCCNc3nc(N)c4cnn(C)c4n3)CC2)c1. The lowest BCUT2D eigenvalue weighted by Gasteiger charge is -2.36. The Bertz CT molecular complexity index is 958. The van der Waals surface area contributed by atoms with E-state index in [1.807, 2.05) is 7.05 Å². The Morgan fingerprint density at radius 2 is 1.93 bits per heavy atom. The molecule has 3 heterocycles. The summed E-state index contributed by atoms with van der Waals surface area (Å²) in [5, 5.41) is 8.28. The van der Waals surface area contributed by atoms with Crippen LogP contribution in [-0.2, 0) is 7.05 Å². The Labute approximate surface area is 171 Å². The number of rotatable bonds is 7. The maximum absolute atomic E-state index is 6.00. The molecular formula is C21H30N8. The average molecular weight is 395 g/mol. The molecule has 1 aromatic carbocycles. The summed E-state index contributed by atoms with van der Waals surface area (Å²) in [5.74, 6) is 1.04. The number of unbranched alkanes of at least 4 members (excludes halogenated alkanes) is 1. The van der Waals surface area contributed by atoms with Crippen molar-refractivity contribution in [2.45, 2.75) is 19.8 Å². The van der Waals surface area contributed by atoms with Gasteiger partial charge in [0.05, 0.1) is 11.6 Å². The molecule has 29 heavy (non-hydrogen) atoms. The Balaban J connectivity index is 1.18. The lowest BCUT2D eigenvalue weighted by atomic mass is 10.2. The Kier molecular flexibility index (Phi) is 5.80. The largest absolute Gasteiger partial charge is 0.383 e. The zero-order valence-electron chi connectivity index (χ0n) is 17.3. The van der Waals surface area contributed by atoms with Crippen molar-refractivity contribution >= 4 is 28.5 Å². The van der Waals surface area contributed by atoms with E-state index in [-0.39, 0.29) is 0 Å². The van der Waals surface area contributed by atoms with E-state index in [4.69, 9.17) is 5.73 Å². The molecule has 8 nitrogen and oxygen atoms in total. The average Bonchev–Trinajstić information content (AvgIpc) is 3.10. The minimum Gasteiger partial charge on any atom is -0.383 e. The maximum Gasteiger partial charge on any atom is 0.226 e. The van der Waals surface area contributed by atoms with Gasteiger partial charge in [-0.05, 0) is 44.0 Å². The second-order valence-corrected chi connectivity index (χ2v) is 7.74.